The first kappa shape index (κ1) is 8.28. The van der Waals surface area contributed by atoms with Crippen LogP contribution >= 0.6 is 0 Å². The van der Waals surface area contributed by atoms with Crippen LogP contribution in [0.1, 0.15) is 26.7 Å². The van der Waals surface area contributed by atoms with E-state index in [-0.39, 0.29) is 0 Å². The molecule has 1 nitrogen and oxygen atoms in total. The number of rotatable bonds is 4. The van der Waals surface area contributed by atoms with Crippen LogP contribution in [0.25, 0.3) is 0 Å². The van der Waals surface area contributed by atoms with Gasteiger partial charge in [-0.2, -0.15) is 0 Å². The Morgan fingerprint density at radius 1 is 1.00 bits per heavy atom. The Kier molecular flexibility index (Phi) is 6.70. The van der Waals surface area contributed by atoms with Gasteiger partial charge in [-0.05, 0) is 25.0 Å². The van der Waals surface area contributed by atoms with Crippen molar-refractivity contribution in [3.63, 3.8) is 0 Å². The van der Waals surface area contributed by atoms with Gasteiger partial charge in [-0.15, -0.1) is 0 Å². The van der Waals surface area contributed by atoms with Gasteiger partial charge in [-0.25, -0.2) is 0 Å². The lowest BCUT2D eigenvalue weighted by Crippen LogP contribution is -1.64. The van der Waals surface area contributed by atoms with E-state index in [1.165, 1.54) is 0 Å². The quantitative estimate of drug-likeness (QED) is 0.526. The zero-order valence-corrected chi connectivity index (χ0v) is 6.13. The fraction of sp³-hybridized carbons (Fsp3) is 0.500. The molecule has 0 saturated heterocycles. The van der Waals surface area contributed by atoms with Crippen molar-refractivity contribution in [1.82, 2.24) is 0 Å². The molecule has 0 amide bonds. The van der Waals surface area contributed by atoms with Gasteiger partial charge < -0.3 is 4.74 Å². The third kappa shape index (κ3) is 7.28. The fourth-order valence-corrected chi connectivity index (χ4v) is 0.349. The largest absolute Gasteiger partial charge is 0.473 e. The summed E-state index contributed by atoms with van der Waals surface area (Å²) in [7, 11) is 0. The maximum Gasteiger partial charge on any atom is 0.0861 e. The zero-order valence-electron chi connectivity index (χ0n) is 6.13. The molecule has 0 bridgehead atoms. The summed E-state index contributed by atoms with van der Waals surface area (Å²) in [5.74, 6) is 0. The van der Waals surface area contributed by atoms with Crippen LogP contribution in [0.2, 0.25) is 0 Å². The molecule has 52 valence electrons. The first-order valence-corrected chi connectivity index (χ1v) is 3.37. The lowest BCUT2D eigenvalue weighted by Gasteiger charge is -1.85. The minimum Gasteiger partial charge on any atom is -0.473 e. The van der Waals surface area contributed by atoms with E-state index in [1.54, 1.807) is 12.5 Å². The smallest absolute Gasteiger partial charge is 0.0861 e. The average molecular weight is 126 g/mol. The number of hydrogen-bond donors (Lipinski definition) is 0. The van der Waals surface area contributed by atoms with E-state index in [9.17, 15) is 0 Å². The monoisotopic (exact) mass is 126 g/mol. The van der Waals surface area contributed by atoms with Crippen molar-refractivity contribution in [2.24, 2.45) is 0 Å². The standard InChI is InChI=1S/C8H14O/c1-3-5-7-9-8-6-4-2/h5-8H,3-4H2,1-2H3/b7-5+,8-6+. The van der Waals surface area contributed by atoms with E-state index in [0.29, 0.717) is 0 Å². The molecule has 0 aliphatic carbocycles. The second-order valence-electron chi connectivity index (χ2n) is 1.70. The number of ether oxygens (including phenoxy) is 1. The maximum atomic E-state index is 4.95. The van der Waals surface area contributed by atoms with Crippen molar-refractivity contribution < 1.29 is 4.74 Å². The molecule has 0 fully saturated rings. The Bertz CT molecular complexity index is 80.7. The van der Waals surface area contributed by atoms with Gasteiger partial charge in [-0.3, -0.25) is 0 Å². The average Bonchev–Trinajstić information content (AvgIpc) is 1.89. The van der Waals surface area contributed by atoms with Crippen molar-refractivity contribution in [3.05, 3.63) is 24.7 Å². The van der Waals surface area contributed by atoms with Gasteiger partial charge >= 0.3 is 0 Å². The minimum absolute atomic E-state index is 1.03. The normalized spacial score (nSPS) is 11.3. The van der Waals surface area contributed by atoms with Gasteiger partial charge in [0.1, 0.15) is 0 Å². The van der Waals surface area contributed by atoms with Crippen LogP contribution in [0, 0.1) is 0 Å². The molecule has 0 N–H and O–H groups in total. The Balaban J connectivity index is 3.08. The van der Waals surface area contributed by atoms with Crippen molar-refractivity contribution >= 4 is 0 Å². The van der Waals surface area contributed by atoms with Crippen molar-refractivity contribution in [2.75, 3.05) is 0 Å². The Hall–Kier alpha value is -0.720. The van der Waals surface area contributed by atoms with Gasteiger partial charge in [-0.1, -0.05) is 13.8 Å². The SMILES string of the molecule is CC/C=C/O/C=C/CC. The molecule has 0 unspecified atom stereocenters. The lowest BCUT2D eigenvalue weighted by atomic mass is 10.5. The highest BCUT2D eigenvalue weighted by Gasteiger charge is 1.66. The third-order valence-electron chi connectivity index (χ3n) is 0.821. The number of allylic oxidation sites excluding steroid dienone is 2. The molecule has 0 aromatic heterocycles. The van der Waals surface area contributed by atoms with Gasteiger partial charge in [0.15, 0.2) is 0 Å². The summed E-state index contributed by atoms with van der Waals surface area (Å²) in [5, 5.41) is 0. The first-order valence-electron chi connectivity index (χ1n) is 3.37. The molecule has 0 aromatic carbocycles. The summed E-state index contributed by atoms with van der Waals surface area (Å²) in [6.45, 7) is 4.15. The van der Waals surface area contributed by atoms with Crippen LogP contribution in [0.4, 0.5) is 0 Å². The van der Waals surface area contributed by atoms with Gasteiger partial charge in [0.25, 0.3) is 0 Å². The van der Waals surface area contributed by atoms with E-state index in [1.807, 2.05) is 12.2 Å². The topological polar surface area (TPSA) is 9.23 Å². The van der Waals surface area contributed by atoms with Crippen molar-refractivity contribution in [2.45, 2.75) is 26.7 Å². The van der Waals surface area contributed by atoms with E-state index < -0.39 is 0 Å². The van der Waals surface area contributed by atoms with Crippen molar-refractivity contribution in [3.8, 4) is 0 Å². The number of hydrogen-bond acceptors (Lipinski definition) is 1. The molecule has 0 aromatic rings. The van der Waals surface area contributed by atoms with Crippen LogP contribution in [-0.4, -0.2) is 0 Å². The summed E-state index contributed by atoms with van der Waals surface area (Å²) in [5.41, 5.74) is 0. The van der Waals surface area contributed by atoms with E-state index >= 15 is 0 Å². The van der Waals surface area contributed by atoms with Crippen molar-refractivity contribution in [1.29, 1.82) is 0 Å². The van der Waals surface area contributed by atoms with Crippen LogP contribution < -0.4 is 0 Å². The molecule has 0 heterocycles. The van der Waals surface area contributed by atoms with Crippen LogP contribution in [0.3, 0.4) is 0 Å². The Morgan fingerprint density at radius 2 is 1.44 bits per heavy atom. The first-order chi connectivity index (χ1) is 4.41. The second kappa shape index (κ2) is 7.28. The molecule has 0 rings (SSSR count). The Labute approximate surface area is 57.0 Å². The molecule has 1 heteroatoms. The van der Waals surface area contributed by atoms with E-state index in [2.05, 4.69) is 13.8 Å². The lowest BCUT2D eigenvalue weighted by molar-refractivity contribution is 0.399. The van der Waals surface area contributed by atoms with Crippen LogP contribution in [-0.2, 0) is 4.74 Å². The highest BCUT2D eigenvalue weighted by Crippen LogP contribution is 1.85. The predicted octanol–water partition coefficient (Wildman–Crippen LogP) is 2.85. The fourth-order valence-electron chi connectivity index (χ4n) is 0.349. The molecule has 9 heavy (non-hydrogen) atoms. The molecule has 0 spiro atoms. The summed E-state index contributed by atoms with van der Waals surface area (Å²) in [4.78, 5) is 0. The molecular formula is C8H14O. The molecule has 0 radical (unpaired) electrons. The van der Waals surface area contributed by atoms with Gasteiger partial charge in [0.05, 0.1) is 12.5 Å². The van der Waals surface area contributed by atoms with Crippen LogP contribution in [0.5, 0.6) is 0 Å². The zero-order chi connectivity index (χ0) is 6.95. The summed E-state index contributed by atoms with van der Waals surface area (Å²) >= 11 is 0. The Morgan fingerprint density at radius 3 is 1.78 bits per heavy atom. The summed E-state index contributed by atoms with van der Waals surface area (Å²) in [6, 6.07) is 0. The van der Waals surface area contributed by atoms with Gasteiger partial charge in [0, 0.05) is 0 Å². The minimum atomic E-state index is 1.03. The predicted molar refractivity (Wildman–Crippen MR) is 39.9 cm³/mol. The van der Waals surface area contributed by atoms with E-state index in [0.717, 1.165) is 12.8 Å². The van der Waals surface area contributed by atoms with Gasteiger partial charge in [0.2, 0.25) is 0 Å². The third-order valence-corrected chi connectivity index (χ3v) is 0.821. The second-order valence-corrected chi connectivity index (χ2v) is 1.70. The molecule has 0 aliphatic rings. The van der Waals surface area contributed by atoms with Crippen LogP contribution in [0.15, 0.2) is 24.7 Å². The summed E-state index contributed by atoms with van der Waals surface area (Å²) in [6.07, 6.45) is 9.40. The summed E-state index contributed by atoms with van der Waals surface area (Å²) < 4.78 is 4.95. The molecule has 0 saturated carbocycles. The molecular weight excluding hydrogens is 112 g/mol. The highest BCUT2D eigenvalue weighted by atomic mass is 16.5. The highest BCUT2D eigenvalue weighted by molar-refractivity contribution is 4.77. The maximum absolute atomic E-state index is 4.95. The van der Waals surface area contributed by atoms with E-state index in [4.69, 9.17) is 4.74 Å². The molecule has 0 aliphatic heterocycles. The molecule has 0 atom stereocenters.